The van der Waals surface area contributed by atoms with Gasteiger partial charge in [-0.1, -0.05) is 23.6 Å². The van der Waals surface area contributed by atoms with E-state index < -0.39 is 0 Å². The lowest BCUT2D eigenvalue weighted by atomic mass is 10.2. The van der Waals surface area contributed by atoms with Gasteiger partial charge in [-0.2, -0.15) is 0 Å². The first-order valence-corrected chi connectivity index (χ1v) is 6.04. The van der Waals surface area contributed by atoms with Crippen LogP contribution in [0.3, 0.4) is 0 Å². The number of hydrogen-bond donors (Lipinski definition) is 1. The van der Waals surface area contributed by atoms with Crippen LogP contribution in [0.2, 0.25) is 0 Å². The van der Waals surface area contributed by atoms with Gasteiger partial charge in [0.05, 0.1) is 16.7 Å². The number of amides is 1. The van der Waals surface area contributed by atoms with E-state index in [1.54, 1.807) is 14.0 Å². The van der Waals surface area contributed by atoms with Crippen molar-refractivity contribution in [1.82, 2.24) is 14.5 Å². The highest BCUT2D eigenvalue weighted by molar-refractivity contribution is 7.80. The van der Waals surface area contributed by atoms with Crippen molar-refractivity contribution in [3.05, 3.63) is 10.6 Å². The smallest absolute Gasteiger partial charge is 0.267 e. The molecular formula is C9H14N4OS2. The molecule has 88 valence electrons. The fourth-order valence-corrected chi connectivity index (χ4v) is 2.02. The maximum atomic E-state index is 12.1. The molecule has 1 heterocycles. The molecule has 1 amide bonds. The van der Waals surface area contributed by atoms with Crippen LogP contribution in [-0.4, -0.2) is 38.5 Å². The summed E-state index contributed by atoms with van der Waals surface area (Å²) in [5.74, 6) is -0.132. The first kappa shape index (κ1) is 13.0. The molecule has 1 rings (SSSR count). The molecule has 0 radical (unpaired) electrons. The summed E-state index contributed by atoms with van der Waals surface area (Å²) >= 11 is 5.96. The van der Waals surface area contributed by atoms with Crippen LogP contribution in [0.25, 0.3) is 0 Å². The molecule has 1 atom stereocenters. The average molecular weight is 258 g/mol. The highest BCUT2D eigenvalue weighted by Gasteiger charge is 2.23. The molecule has 1 aromatic heterocycles. The van der Waals surface area contributed by atoms with Crippen molar-refractivity contribution in [2.24, 2.45) is 5.73 Å². The fraction of sp³-hybridized carbons (Fsp3) is 0.556. The van der Waals surface area contributed by atoms with Gasteiger partial charge in [0.25, 0.3) is 5.91 Å². The van der Waals surface area contributed by atoms with E-state index in [1.165, 1.54) is 4.90 Å². The number of rotatable bonds is 4. The number of aryl methyl sites for hydroxylation is 1. The van der Waals surface area contributed by atoms with Crippen LogP contribution in [0.1, 0.15) is 29.2 Å². The minimum atomic E-state index is -0.269. The molecule has 0 saturated heterocycles. The predicted octanol–water partition coefficient (Wildman–Crippen LogP) is 0.847. The van der Waals surface area contributed by atoms with Crippen molar-refractivity contribution < 1.29 is 4.79 Å². The zero-order valence-corrected chi connectivity index (χ0v) is 11.1. The van der Waals surface area contributed by atoms with Crippen molar-refractivity contribution in [1.29, 1.82) is 0 Å². The van der Waals surface area contributed by atoms with Gasteiger partial charge in [0.15, 0.2) is 0 Å². The van der Waals surface area contributed by atoms with Crippen LogP contribution >= 0.6 is 23.8 Å². The zero-order valence-electron chi connectivity index (χ0n) is 9.43. The number of nitrogens with two attached hydrogens (primary N) is 1. The van der Waals surface area contributed by atoms with Gasteiger partial charge in [-0.05, 0) is 24.9 Å². The second-order valence-electron chi connectivity index (χ2n) is 3.40. The molecule has 7 heteroatoms. The van der Waals surface area contributed by atoms with Crippen LogP contribution in [0.4, 0.5) is 0 Å². The molecular weight excluding hydrogens is 244 g/mol. The molecule has 2 N–H and O–H groups in total. The maximum absolute atomic E-state index is 12.1. The summed E-state index contributed by atoms with van der Waals surface area (Å²) in [6, 6.07) is -0.269. The molecule has 0 aliphatic carbocycles. The van der Waals surface area contributed by atoms with Crippen molar-refractivity contribution in [3.63, 3.8) is 0 Å². The lowest BCUT2D eigenvalue weighted by molar-refractivity contribution is 0.0782. The molecule has 5 nitrogen and oxygen atoms in total. The van der Waals surface area contributed by atoms with E-state index in [4.69, 9.17) is 18.0 Å². The van der Waals surface area contributed by atoms with Crippen molar-refractivity contribution >= 4 is 34.6 Å². The number of hydrogen-bond acceptors (Lipinski definition) is 5. The normalized spacial score (nSPS) is 12.2. The molecule has 0 spiro atoms. The second kappa shape index (κ2) is 5.31. The van der Waals surface area contributed by atoms with Crippen LogP contribution < -0.4 is 5.73 Å². The summed E-state index contributed by atoms with van der Waals surface area (Å²) in [5, 5.41) is 3.90. The van der Waals surface area contributed by atoms with Crippen LogP contribution in [0, 0.1) is 0 Å². The Kier molecular flexibility index (Phi) is 4.31. The highest BCUT2D eigenvalue weighted by Crippen LogP contribution is 2.15. The average Bonchev–Trinajstić information content (AvgIpc) is 2.73. The summed E-state index contributed by atoms with van der Waals surface area (Å²) in [6.45, 7) is 3.73. The van der Waals surface area contributed by atoms with E-state index in [0.717, 1.165) is 17.2 Å². The van der Waals surface area contributed by atoms with Crippen LogP contribution in [0.15, 0.2) is 0 Å². The quantitative estimate of drug-likeness (QED) is 0.811. The Hall–Kier alpha value is -1.08. The summed E-state index contributed by atoms with van der Waals surface area (Å²) in [4.78, 5) is 14.4. The third kappa shape index (κ3) is 2.53. The molecule has 0 fully saturated rings. The Bertz CT molecular complexity index is 404. The van der Waals surface area contributed by atoms with E-state index in [9.17, 15) is 4.79 Å². The van der Waals surface area contributed by atoms with Gasteiger partial charge in [0, 0.05) is 7.05 Å². The Balaban J connectivity index is 2.90. The molecule has 0 bridgehead atoms. The van der Waals surface area contributed by atoms with Gasteiger partial charge in [-0.3, -0.25) is 4.79 Å². The summed E-state index contributed by atoms with van der Waals surface area (Å²) in [7, 11) is 1.67. The van der Waals surface area contributed by atoms with Crippen LogP contribution in [-0.2, 0) is 6.42 Å². The third-order valence-electron chi connectivity index (χ3n) is 2.40. The topological polar surface area (TPSA) is 72.1 Å². The molecule has 0 aliphatic rings. The van der Waals surface area contributed by atoms with Crippen molar-refractivity contribution in [2.75, 3.05) is 7.05 Å². The largest absolute Gasteiger partial charge is 0.392 e. The molecule has 1 unspecified atom stereocenters. The molecule has 0 aromatic carbocycles. The molecule has 0 aliphatic heterocycles. The highest BCUT2D eigenvalue weighted by atomic mass is 32.1. The summed E-state index contributed by atoms with van der Waals surface area (Å²) < 4.78 is 3.78. The predicted molar refractivity (Wildman–Crippen MR) is 67.6 cm³/mol. The number of likely N-dealkylation sites (N-methyl/N-ethyl adjacent to an activating group) is 1. The Morgan fingerprint density at radius 1 is 1.69 bits per heavy atom. The lowest BCUT2D eigenvalue weighted by Gasteiger charge is -2.23. The van der Waals surface area contributed by atoms with Crippen molar-refractivity contribution in [2.45, 2.75) is 26.3 Å². The number of carbonyl (C=O) groups excluding carboxylic acids is 1. The van der Waals surface area contributed by atoms with Crippen molar-refractivity contribution in [3.8, 4) is 0 Å². The Morgan fingerprint density at radius 2 is 2.31 bits per heavy atom. The monoisotopic (exact) mass is 258 g/mol. The molecule has 0 saturated carbocycles. The zero-order chi connectivity index (χ0) is 12.3. The first-order chi connectivity index (χ1) is 7.49. The summed E-state index contributed by atoms with van der Waals surface area (Å²) in [6.07, 6.45) is 0.687. The molecule has 1 aromatic rings. The standard InChI is InChI=1S/C9H14N4OS2/c1-4-6-7(16-12-11-6)9(14)13(3)5(2)8(10)15/h5H,4H2,1-3H3,(H2,10,15). The van der Waals surface area contributed by atoms with Gasteiger partial charge in [0.1, 0.15) is 4.88 Å². The van der Waals surface area contributed by atoms with Gasteiger partial charge in [-0.15, -0.1) is 5.10 Å². The van der Waals surface area contributed by atoms with E-state index in [0.29, 0.717) is 16.3 Å². The van der Waals surface area contributed by atoms with E-state index >= 15 is 0 Å². The number of nitrogens with zero attached hydrogens (tertiary/aromatic N) is 3. The summed E-state index contributed by atoms with van der Waals surface area (Å²) in [5.41, 5.74) is 6.23. The molecule has 16 heavy (non-hydrogen) atoms. The SMILES string of the molecule is CCc1nnsc1C(=O)N(C)C(C)C(N)=S. The van der Waals surface area contributed by atoms with E-state index in [-0.39, 0.29) is 11.9 Å². The minimum absolute atomic E-state index is 0.132. The van der Waals surface area contributed by atoms with Gasteiger partial charge in [-0.25, -0.2) is 0 Å². The minimum Gasteiger partial charge on any atom is -0.392 e. The Morgan fingerprint density at radius 3 is 2.81 bits per heavy atom. The van der Waals surface area contributed by atoms with Gasteiger partial charge < -0.3 is 10.6 Å². The van der Waals surface area contributed by atoms with Gasteiger partial charge >= 0.3 is 0 Å². The van der Waals surface area contributed by atoms with Crippen LogP contribution in [0.5, 0.6) is 0 Å². The number of thiocarbonyl (C=S) groups is 1. The lowest BCUT2D eigenvalue weighted by Crippen LogP contribution is -2.42. The first-order valence-electron chi connectivity index (χ1n) is 4.86. The number of aromatic nitrogens is 2. The van der Waals surface area contributed by atoms with E-state index in [2.05, 4.69) is 9.59 Å². The Labute approximate surface area is 104 Å². The fourth-order valence-electron chi connectivity index (χ4n) is 1.13. The second-order valence-corrected chi connectivity index (χ2v) is 4.62. The number of carbonyl (C=O) groups is 1. The third-order valence-corrected chi connectivity index (χ3v) is 3.50. The van der Waals surface area contributed by atoms with Gasteiger partial charge in [0.2, 0.25) is 0 Å². The maximum Gasteiger partial charge on any atom is 0.267 e. The van der Waals surface area contributed by atoms with E-state index in [1.807, 2.05) is 6.92 Å².